The van der Waals surface area contributed by atoms with Crippen LogP contribution in [0.5, 0.6) is 5.75 Å². The SMILES string of the molecule is CC(C)Oc1cccc(C(C)NC2CCCCCC2)c1. The Kier molecular flexibility index (Phi) is 5.90. The van der Waals surface area contributed by atoms with E-state index in [1.165, 1.54) is 44.1 Å². The van der Waals surface area contributed by atoms with Crippen LogP contribution in [0, 0.1) is 0 Å². The maximum Gasteiger partial charge on any atom is 0.120 e. The smallest absolute Gasteiger partial charge is 0.120 e. The van der Waals surface area contributed by atoms with Crippen LogP contribution in [0.4, 0.5) is 0 Å². The molecule has 1 aromatic carbocycles. The van der Waals surface area contributed by atoms with Gasteiger partial charge in [0.1, 0.15) is 5.75 Å². The molecule has 1 aliphatic rings. The first-order valence-electron chi connectivity index (χ1n) is 8.18. The van der Waals surface area contributed by atoms with E-state index in [0.29, 0.717) is 12.1 Å². The van der Waals surface area contributed by atoms with Gasteiger partial charge in [0, 0.05) is 12.1 Å². The molecule has 0 heterocycles. The molecule has 1 aromatic rings. The normalized spacial score (nSPS) is 18.8. The summed E-state index contributed by atoms with van der Waals surface area (Å²) in [5.41, 5.74) is 1.33. The minimum Gasteiger partial charge on any atom is -0.491 e. The van der Waals surface area contributed by atoms with Crippen LogP contribution in [0.25, 0.3) is 0 Å². The molecule has 20 heavy (non-hydrogen) atoms. The van der Waals surface area contributed by atoms with Gasteiger partial charge in [-0.25, -0.2) is 0 Å². The summed E-state index contributed by atoms with van der Waals surface area (Å²) in [7, 11) is 0. The van der Waals surface area contributed by atoms with Gasteiger partial charge in [-0.2, -0.15) is 0 Å². The minimum absolute atomic E-state index is 0.232. The van der Waals surface area contributed by atoms with Gasteiger partial charge < -0.3 is 10.1 Å². The third-order valence-electron chi connectivity index (χ3n) is 4.07. The molecule has 0 radical (unpaired) electrons. The van der Waals surface area contributed by atoms with Crippen LogP contribution in [-0.2, 0) is 0 Å². The van der Waals surface area contributed by atoms with Crippen molar-refractivity contribution < 1.29 is 4.74 Å². The molecule has 1 saturated carbocycles. The highest BCUT2D eigenvalue weighted by atomic mass is 16.5. The highest BCUT2D eigenvalue weighted by molar-refractivity contribution is 5.30. The number of nitrogens with one attached hydrogen (secondary N) is 1. The predicted molar refractivity (Wildman–Crippen MR) is 85.2 cm³/mol. The molecule has 0 spiro atoms. The standard InChI is InChI=1S/C18H29NO/c1-14(2)20-18-12-8-9-16(13-18)15(3)19-17-10-6-4-5-7-11-17/h8-9,12-15,17,19H,4-7,10-11H2,1-3H3. The Morgan fingerprint density at radius 2 is 1.75 bits per heavy atom. The summed E-state index contributed by atoms with van der Waals surface area (Å²) in [5, 5.41) is 3.80. The largest absolute Gasteiger partial charge is 0.491 e. The zero-order valence-corrected chi connectivity index (χ0v) is 13.2. The first-order chi connectivity index (χ1) is 9.65. The van der Waals surface area contributed by atoms with Crippen molar-refractivity contribution >= 4 is 0 Å². The van der Waals surface area contributed by atoms with Crippen LogP contribution in [0.1, 0.15) is 70.9 Å². The van der Waals surface area contributed by atoms with Crippen LogP contribution in [0.2, 0.25) is 0 Å². The van der Waals surface area contributed by atoms with Crippen molar-refractivity contribution in [3.05, 3.63) is 29.8 Å². The Balaban J connectivity index is 1.95. The van der Waals surface area contributed by atoms with E-state index in [1.807, 2.05) is 6.07 Å². The molecular weight excluding hydrogens is 246 g/mol. The molecule has 0 saturated heterocycles. The van der Waals surface area contributed by atoms with Gasteiger partial charge in [-0.1, -0.05) is 37.8 Å². The molecular formula is C18H29NO. The van der Waals surface area contributed by atoms with Crippen LogP contribution >= 0.6 is 0 Å². The molecule has 0 aromatic heterocycles. The molecule has 1 N–H and O–H groups in total. The summed E-state index contributed by atoms with van der Waals surface area (Å²) in [6.07, 6.45) is 8.45. The lowest BCUT2D eigenvalue weighted by Gasteiger charge is -2.23. The van der Waals surface area contributed by atoms with Crippen molar-refractivity contribution in [2.75, 3.05) is 0 Å². The third kappa shape index (κ3) is 4.82. The Hall–Kier alpha value is -1.02. The molecule has 2 heteroatoms. The molecule has 0 amide bonds. The van der Waals surface area contributed by atoms with Gasteiger partial charge in [0.15, 0.2) is 0 Å². The Bertz CT molecular complexity index is 394. The summed E-state index contributed by atoms with van der Waals surface area (Å²) in [6.45, 7) is 6.40. The lowest BCUT2D eigenvalue weighted by molar-refractivity contribution is 0.242. The van der Waals surface area contributed by atoms with E-state index in [4.69, 9.17) is 4.74 Å². The van der Waals surface area contributed by atoms with Gasteiger partial charge in [-0.3, -0.25) is 0 Å². The van der Waals surface area contributed by atoms with E-state index >= 15 is 0 Å². The fraction of sp³-hybridized carbons (Fsp3) is 0.667. The summed E-state index contributed by atoms with van der Waals surface area (Å²) < 4.78 is 5.79. The van der Waals surface area contributed by atoms with Crippen molar-refractivity contribution in [3.63, 3.8) is 0 Å². The number of rotatable bonds is 5. The lowest BCUT2D eigenvalue weighted by Crippen LogP contribution is -2.31. The molecule has 112 valence electrons. The maximum atomic E-state index is 5.79. The number of ether oxygens (including phenoxy) is 1. The highest BCUT2D eigenvalue weighted by Gasteiger charge is 2.15. The van der Waals surface area contributed by atoms with Crippen LogP contribution in [0.3, 0.4) is 0 Å². The zero-order chi connectivity index (χ0) is 14.4. The fourth-order valence-electron chi connectivity index (χ4n) is 3.03. The maximum absolute atomic E-state index is 5.79. The average Bonchev–Trinajstić information content (AvgIpc) is 2.67. The van der Waals surface area contributed by atoms with E-state index < -0.39 is 0 Å². The second-order valence-electron chi connectivity index (χ2n) is 6.32. The predicted octanol–water partition coefficient (Wildman–Crippen LogP) is 4.85. The molecule has 0 bridgehead atoms. The third-order valence-corrected chi connectivity index (χ3v) is 4.07. The molecule has 1 fully saturated rings. The van der Waals surface area contributed by atoms with Crippen molar-refractivity contribution in [1.29, 1.82) is 0 Å². The van der Waals surface area contributed by atoms with Gasteiger partial charge in [-0.05, 0) is 51.3 Å². The van der Waals surface area contributed by atoms with Gasteiger partial charge in [-0.15, -0.1) is 0 Å². The minimum atomic E-state index is 0.232. The van der Waals surface area contributed by atoms with Gasteiger partial charge in [0.25, 0.3) is 0 Å². The van der Waals surface area contributed by atoms with Crippen molar-refractivity contribution in [3.8, 4) is 5.75 Å². The van der Waals surface area contributed by atoms with Crippen molar-refractivity contribution in [2.24, 2.45) is 0 Å². The van der Waals surface area contributed by atoms with E-state index in [9.17, 15) is 0 Å². The Morgan fingerprint density at radius 3 is 2.40 bits per heavy atom. The molecule has 0 aliphatic heterocycles. The van der Waals surface area contributed by atoms with Gasteiger partial charge >= 0.3 is 0 Å². The molecule has 1 atom stereocenters. The van der Waals surface area contributed by atoms with Gasteiger partial charge in [0.05, 0.1) is 6.10 Å². The average molecular weight is 275 g/mol. The summed E-state index contributed by atoms with van der Waals surface area (Å²) in [5.74, 6) is 0.979. The number of benzene rings is 1. The van der Waals surface area contributed by atoms with Crippen molar-refractivity contribution in [1.82, 2.24) is 5.32 Å². The fourth-order valence-corrected chi connectivity index (χ4v) is 3.03. The van der Waals surface area contributed by atoms with E-state index in [2.05, 4.69) is 44.3 Å². The quantitative estimate of drug-likeness (QED) is 0.776. The Morgan fingerprint density at radius 1 is 1.05 bits per heavy atom. The van der Waals surface area contributed by atoms with E-state index in [0.717, 1.165) is 5.75 Å². The molecule has 1 aliphatic carbocycles. The first-order valence-corrected chi connectivity index (χ1v) is 8.18. The summed E-state index contributed by atoms with van der Waals surface area (Å²) in [6, 6.07) is 9.59. The van der Waals surface area contributed by atoms with E-state index in [1.54, 1.807) is 0 Å². The first kappa shape index (κ1) is 15.4. The molecule has 2 rings (SSSR count). The number of hydrogen-bond donors (Lipinski definition) is 1. The monoisotopic (exact) mass is 275 g/mol. The summed E-state index contributed by atoms with van der Waals surface area (Å²) in [4.78, 5) is 0. The van der Waals surface area contributed by atoms with Crippen LogP contribution in [-0.4, -0.2) is 12.1 Å². The lowest BCUT2D eigenvalue weighted by atomic mass is 10.0. The van der Waals surface area contributed by atoms with Crippen LogP contribution < -0.4 is 10.1 Å². The molecule has 1 unspecified atom stereocenters. The zero-order valence-electron chi connectivity index (χ0n) is 13.2. The van der Waals surface area contributed by atoms with Crippen LogP contribution in [0.15, 0.2) is 24.3 Å². The summed E-state index contributed by atoms with van der Waals surface area (Å²) >= 11 is 0. The number of hydrogen-bond acceptors (Lipinski definition) is 2. The topological polar surface area (TPSA) is 21.3 Å². The molecule has 2 nitrogen and oxygen atoms in total. The van der Waals surface area contributed by atoms with Gasteiger partial charge in [0.2, 0.25) is 0 Å². The Labute approximate surface area is 123 Å². The van der Waals surface area contributed by atoms with Crippen molar-refractivity contribution in [2.45, 2.75) is 77.5 Å². The highest BCUT2D eigenvalue weighted by Crippen LogP contribution is 2.23. The van der Waals surface area contributed by atoms with E-state index in [-0.39, 0.29) is 6.10 Å². The second-order valence-corrected chi connectivity index (χ2v) is 6.32. The second kappa shape index (κ2) is 7.68.